The zero-order valence-electron chi connectivity index (χ0n) is 18.9. The van der Waals surface area contributed by atoms with Crippen LogP contribution in [0.5, 0.6) is 0 Å². The monoisotopic (exact) mass is 530 g/mol. The van der Waals surface area contributed by atoms with Gasteiger partial charge in [-0.15, -0.1) is 0 Å². The molecule has 0 fully saturated rings. The van der Waals surface area contributed by atoms with E-state index in [0.29, 0.717) is 12.7 Å². The number of rotatable bonds is 12. The van der Waals surface area contributed by atoms with E-state index in [0.717, 1.165) is 28.8 Å². The summed E-state index contributed by atoms with van der Waals surface area (Å²) in [7, 11) is -4.42. The van der Waals surface area contributed by atoms with Crippen molar-refractivity contribution in [3.8, 4) is 0 Å². The van der Waals surface area contributed by atoms with Gasteiger partial charge in [0, 0.05) is 12.7 Å². The number of carbonyl (C=O) groups excluding carboxylic acids is 2. The summed E-state index contributed by atoms with van der Waals surface area (Å²) in [5.74, 6) is -1.84. The first kappa shape index (κ1) is 28.4. The van der Waals surface area contributed by atoms with Crippen LogP contribution in [0.4, 0.5) is 18.9 Å². The predicted molar refractivity (Wildman–Crippen MR) is 126 cm³/mol. The van der Waals surface area contributed by atoms with Gasteiger partial charge in [-0.25, -0.2) is 8.42 Å². The molecule has 0 unspecified atom stereocenters. The molecule has 0 spiro atoms. The van der Waals surface area contributed by atoms with Crippen LogP contribution in [-0.2, 0) is 38.1 Å². The lowest BCUT2D eigenvalue weighted by atomic mass is 10.1. The minimum absolute atomic E-state index is 0.110. The van der Waals surface area contributed by atoms with Gasteiger partial charge in [-0.1, -0.05) is 18.2 Å². The van der Waals surface area contributed by atoms with Gasteiger partial charge in [-0.05, 0) is 36.6 Å². The Labute approximate surface area is 204 Å². The molecule has 0 aliphatic carbocycles. The highest BCUT2D eigenvalue weighted by molar-refractivity contribution is 7.91. The predicted octanol–water partition coefficient (Wildman–Crippen LogP) is 0.546. The number of halogens is 3. The van der Waals surface area contributed by atoms with E-state index < -0.39 is 62.8 Å². The molecule has 6 N–H and O–H groups in total. The topological polar surface area (TPSA) is 179 Å². The Kier molecular flexibility index (Phi) is 9.60. The molecule has 196 valence electrons. The van der Waals surface area contributed by atoms with Crippen molar-refractivity contribution in [2.24, 2.45) is 16.5 Å². The Morgan fingerprint density at radius 3 is 2.50 bits per heavy atom. The number of benzene rings is 1. The number of hydrogen-bond donors (Lipinski definition) is 4. The molecule has 1 aromatic heterocycles. The number of sulfonamides is 1. The highest BCUT2D eigenvalue weighted by Gasteiger charge is 2.34. The van der Waals surface area contributed by atoms with Crippen LogP contribution >= 0.6 is 0 Å². The van der Waals surface area contributed by atoms with E-state index in [1.807, 2.05) is 4.72 Å². The van der Waals surface area contributed by atoms with Gasteiger partial charge >= 0.3 is 6.18 Å². The molecule has 0 aliphatic rings. The summed E-state index contributed by atoms with van der Waals surface area (Å²) in [6.45, 7) is -0.290. The van der Waals surface area contributed by atoms with Gasteiger partial charge < -0.3 is 26.1 Å². The highest BCUT2D eigenvalue weighted by atomic mass is 32.2. The smallest absolute Gasteiger partial charge is 0.370 e. The van der Waals surface area contributed by atoms with Crippen molar-refractivity contribution in [1.29, 1.82) is 0 Å². The minimum atomic E-state index is -4.76. The molecule has 0 saturated heterocycles. The van der Waals surface area contributed by atoms with Crippen LogP contribution in [0.1, 0.15) is 24.0 Å². The van der Waals surface area contributed by atoms with Gasteiger partial charge in [0.15, 0.2) is 5.96 Å². The van der Waals surface area contributed by atoms with Gasteiger partial charge in [-0.2, -0.15) is 13.2 Å². The second-order valence-corrected chi connectivity index (χ2v) is 9.35. The van der Waals surface area contributed by atoms with Gasteiger partial charge in [0.05, 0.1) is 17.4 Å². The largest absolute Gasteiger partial charge is 0.416 e. The van der Waals surface area contributed by atoms with Crippen molar-refractivity contribution in [3.63, 3.8) is 0 Å². The third-order valence-corrected chi connectivity index (χ3v) is 5.97. The van der Waals surface area contributed by atoms with E-state index in [1.165, 1.54) is 18.3 Å². The standard InChI is InChI=1S/C21H25F3N6O5S/c22-21(23,24)16-7-2-1-5-14(16)13-36(34,35)29-17-8-4-10-30(19(17)33)11-18(32)28-15(12-31)6-3-9-27-20(25)26/h1-2,4-5,7-8,10,12,15,29H,3,6,9,11,13H2,(H,28,32)(H4,25,26,27)/t15-/m0/s1. The summed E-state index contributed by atoms with van der Waals surface area (Å²) in [5.41, 5.74) is 7.44. The summed E-state index contributed by atoms with van der Waals surface area (Å²) in [5, 5.41) is 2.43. The third kappa shape index (κ3) is 8.72. The number of guanidine groups is 1. The van der Waals surface area contributed by atoms with E-state index in [9.17, 15) is 36.0 Å². The lowest BCUT2D eigenvalue weighted by molar-refractivity contribution is -0.138. The summed E-state index contributed by atoms with van der Waals surface area (Å²) in [4.78, 5) is 39.9. The number of aliphatic imine (C=N–C) groups is 1. The fourth-order valence-corrected chi connectivity index (χ4v) is 4.39. The lowest BCUT2D eigenvalue weighted by Crippen LogP contribution is -2.40. The van der Waals surface area contributed by atoms with E-state index >= 15 is 0 Å². The SMILES string of the molecule is NC(N)=NCCC[C@@H](C=O)NC(=O)Cn1cccc(NS(=O)(=O)Cc2ccccc2C(F)(F)F)c1=O. The molecular formula is C21H25F3N6O5S. The molecule has 1 heterocycles. The second-order valence-electron chi connectivity index (χ2n) is 7.63. The Morgan fingerprint density at radius 1 is 1.17 bits per heavy atom. The number of aromatic nitrogens is 1. The van der Waals surface area contributed by atoms with Crippen LogP contribution in [0.15, 0.2) is 52.4 Å². The number of nitrogens with zero attached hydrogens (tertiary/aromatic N) is 2. The molecule has 36 heavy (non-hydrogen) atoms. The summed E-state index contributed by atoms with van der Waals surface area (Å²) >= 11 is 0. The number of anilines is 1. The Balaban J connectivity index is 2.09. The Bertz CT molecular complexity index is 1270. The second kappa shape index (κ2) is 12.2. The van der Waals surface area contributed by atoms with Gasteiger partial charge in [0.25, 0.3) is 5.56 Å². The molecule has 1 atom stereocenters. The minimum Gasteiger partial charge on any atom is -0.370 e. The zero-order chi connectivity index (χ0) is 26.9. The number of hydrogen-bond acceptors (Lipinski definition) is 6. The van der Waals surface area contributed by atoms with E-state index in [-0.39, 0.29) is 18.9 Å². The van der Waals surface area contributed by atoms with Crippen LogP contribution < -0.4 is 27.1 Å². The van der Waals surface area contributed by atoms with Crippen molar-refractivity contribution in [2.75, 3.05) is 11.3 Å². The molecule has 15 heteroatoms. The average Bonchev–Trinajstić information content (AvgIpc) is 2.77. The summed E-state index contributed by atoms with van der Waals surface area (Å²) in [6, 6.07) is 5.71. The van der Waals surface area contributed by atoms with Gasteiger partial charge in [0.1, 0.15) is 18.5 Å². The molecule has 1 aromatic carbocycles. The number of amides is 1. The molecule has 0 bridgehead atoms. The molecule has 0 radical (unpaired) electrons. The number of aldehydes is 1. The van der Waals surface area contributed by atoms with Crippen LogP contribution in [0.2, 0.25) is 0 Å². The fourth-order valence-electron chi connectivity index (χ4n) is 3.17. The van der Waals surface area contributed by atoms with Crippen LogP contribution in [0.25, 0.3) is 0 Å². The Morgan fingerprint density at radius 2 is 1.86 bits per heavy atom. The van der Waals surface area contributed by atoms with Crippen molar-refractivity contribution in [2.45, 2.75) is 37.4 Å². The van der Waals surface area contributed by atoms with E-state index in [4.69, 9.17) is 11.5 Å². The van der Waals surface area contributed by atoms with E-state index in [2.05, 4.69) is 10.3 Å². The van der Waals surface area contributed by atoms with Crippen molar-refractivity contribution >= 4 is 33.9 Å². The first-order valence-corrected chi connectivity index (χ1v) is 12.1. The number of nitrogens with two attached hydrogens (primary N) is 2. The normalized spacial score (nSPS) is 12.4. The van der Waals surface area contributed by atoms with Gasteiger partial charge in [0.2, 0.25) is 15.9 Å². The van der Waals surface area contributed by atoms with Gasteiger partial charge in [-0.3, -0.25) is 19.3 Å². The average molecular weight is 531 g/mol. The number of pyridine rings is 1. The number of nitrogens with one attached hydrogen (secondary N) is 2. The number of alkyl halides is 3. The van der Waals surface area contributed by atoms with E-state index in [1.54, 1.807) is 0 Å². The first-order chi connectivity index (χ1) is 16.8. The maximum Gasteiger partial charge on any atom is 0.416 e. The summed E-state index contributed by atoms with van der Waals surface area (Å²) < 4.78 is 67.4. The number of carbonyl (C=O) groups is 2. The quantitative estimate of drug-likeness (QED) is 0.134. The molecule has 2 rings (SSSR count). The molecule has 2 aromatic rings. The Hall–Kier alpha value is -3.88. The first-order valence-electron chi connectivity index (χ1n) is 10.5. The fraction of sp³-hybridized carbons (Fsp3) is 0.333. The van der Waals surface area contributed by atoms with Crippen molar-refractivity contribution < 1.29 is 31.2 Å². The van der Waals surface area contributed by atoms with Crippen LogP contribution in [0.3, 0.4) is 0 Å². The maximum atomic E-state index is 13.2. The zero-order valence-corrected chi connectivity index (χ0v) is 19.7. The molecule has 0 aliphatic heterocycles. The van der Waals surface area contributed by atoms with Crippen LogP contribution in [0, 0.1) is 0 Å². The van der Waals surface area contributed by atoms with Crippen LogP contribution in [-0.4, -0.2) is 43.7 Å². The maximum absolute atomic E-state index is 13.2. The molecular weight excluding hydrogens is 505 g/mol. The van der Waals surface area contributed by atoms with Crippen molar-refractivity contribution in [3.05, 3.63) is 64.1 Å². The summed E-state index contributed by atoms with van der Waals surface area (Å²) in [6.07, 6.45) is -2.40. The molecule has 11 nitrogen and oxygen atoms in total. The molecule has 0 saturated carbocycles. The highest BCUT2D eigenvalue weighted by Crippen LogP contribution is 2.32. The third-order valence-electron chi connectivity index (χ3n) is 4.75. The molecule has 1 amide bonds. The van der Waals surface area contributed by atoms with Crippen molar-refractivity contribution in [1.82, 2.24) is 9.88 Å². The lowest BCUT2D eigenvalue weighted by Gasteiger charge is -2.15.